The third-order valence-electron chi connectivity index (χ3n) is 4.14. The lowest BCUT2D eigenvalue weighted by molar-refractivity contribution is 0.0821. The second-order valence-corrected chi connectivity index (χ2v) is 5.87. The summed E-state index contributed by atoms with van der Waals surface area (Å²) >= 11 is 0. The largest absolute Gasteiger partial charge is 0.396 e. The lowest BCUT2D eigenvalue weighted by atomic mass is 9.79. The van der Waals surface area contributed by atoms with Crippen molar-refractivity contribution in [3.63, 3.8) is 0 Å². The van der Waals surface area contributed by atoms with Crippen LogP contribution >= 0.6 is 0 Å². The fourth-order valence-corrected chi connectivity index (χ4v) is 2.80. The average Bonchev–Trinajstić information content (AvgIpc) is 2.52. The van der Waals surface area contributed by atoms with Gasteiger partial charge in [0.2, 0.25) is 0 Å². The molecule has 0 bridgehead atoms. The first-order valence-corrected chi connectivity index (χ1v) is 7.52. The van der Waals surface area contributed by atoms with Gasteiger partial charge in [0.15, 0.2) is 5.69 Å². The minimum absolute atomic E-state index is 0.151. The summed E-state index contributed by atoms with van der Waals surface area (Å²) in [7, 11) is 3.38. The Morgan fingerprint density at radius 2 is 2.00 bits per heavy atom. The van der Waals surface area contributed by atoms with Crippen molar-refractivity contribution in [3.05, 3.63) is 17.8 Å². The molecule has 1 amide bonds. The van der Waals surface area contributed by atoms with E-state index in [9.17, 15) is 9.90 Å². The van der Waals surface area contributed by atoms with Crippen molar-refractivity contribution in [3.8, 4) is 0 Å². The molecule has 2 rings (SSSR count). The van der Waals surface area contributed by atoms with Gasteiger partial charge < -0.3 is 15.3 Å². The van der Waals surface area contributed by atoms with Gasteiger partial charge >= 0.3 is 0 Å². The Hall–Kier alpha value is -1.69. The SMILES string of the molecule is CN(C)C(=O)c1ccc(NCC2CCCCC2CO)nn1. The summed E-state index contributed by atoms with van der Waals surface area (Å²) in [6.07, 6.45) is 4.68. The normalized spacial score (nSPS) is 21.9. The van der Waals surface area contributed by atoms with Crippen LogP contribution < -0.4 is 5.32 Å². The number of rotatable bonds is 5. The Balaban J connectivity index is 1.90. The second-order valence-electron chi connectivity index (χ2n) is 5.87. The predicted octanol–water partition coefficient (Wildman–Crippen LogP) is 1.39. The molecule has 1 saturated carbocycles. The molecule has 0 spiro atoms. The van der Waals surface area contributed by atoms with E-state index in [1.54, 1.807) is 26.2 Å². The number of carbonyl (C=O) groups excluding carboxylic acids is 1. The summed E-state index contributed by atoms with van der Waals surface area (Å²) in [4.78, 5) is 13.2. The summed E-state index contributed by atoms with van der Waals surface area (Å²) in [5.41, 5.74) is 0.344. The number of hydrogen-bond acceptors (Lipinski definition) is 5. The van der Waals surface area contributed by atoms with E-state index < -0.39 is 0 Å². The van der Waals surface area contributed by atoms with E-state index >= 15 is 0 Å². The van der Waals surface area contributed by atoms with Crippen molar-refractivity contribution in [2.75, 3.05) is 32.6 Å². The molecule has 6 nitrogen and oxygen atoms in total. The van der Waals surface area contributed by atoms with Crippen LogP contribution in [0.1, 0.15) is 36.2 Å². The summed E-state index contributed by atoms with van der Waals surface area (Å²) in [6.45, 7) is 1.05. The maximum atomic E-state index is 11.7. The van der Waals surface area contributed by atoms with Crippen LogP contribution in [-0.2, 0) is 0 Å². The molecule has 6 heteroatoms. The maximum Gasteiger partial charge on any atom is 0.273 e. The molecule has 1 aromatic rings. The van der Waals surface area contributed by atoms with Gasteiger partial charge in [0.25, 0.3) is 5.91 Å². The molecule has 0 radical (unpaired) electrons. The smallest absolute Gasteiger partial charge is 0.273 e. The van der Waals surface area contributed by atoms with Gasteiger partial charge in [0.05, 0.1) is 0 Å². The molecular formula is C15H24N4O2. The minimum Gasteiger partial charge on any atom is -0.396 e. The van der Waals surface area contributed by atoms with Crippen molar-refractivity contribution < 1.29 is 9.90 Å². The third-order valence-corrected chi connectivity index (χ3v) is 4.14. The highest BCUT2D eigenvalue weighted by molar-refractivity contribution is 5.91. The zero-order valence-electron chi connectivity index (χ0n) is 12.7. The van der Waals surface area contributed by atoms with Crippen molar-refractivity contribution in [1.82, 2.24) is 15.1 Å². The number of aliphatic hydroxyl groups excluding tert-OH is 1. The number of amides is 1. The minimum atomic E-state index is -0.151. The molecule has 21 heavy (non-hydrogen) atoms. The molecular weight excluding hydrogens is 268 g/mol. The summed E-state index contributed by atoms with van der Waals surface area (Å²) in [5.74, 6) is 1.39. The van der Waals surface area contributed by atoms with Crippen molar-refractivity contribution in [2.24, 2.45) is 11.8 Å². The van der Waals surface area contributed by atoms with Crippen LogP contribution in [0.5, 0.6) is 0 Å². The number of aromatic nitrogens is 2. The summed E-state index contributed by atoms with van der Waals surface area (Å²) in [6, 6.07) is 3.46. The molecule has 0 aromatic carbocycles. The average molecular weight is 292 g/mol. The molecule has 2 unspecified atom stereocenters. The van der Waals surface area contributed by atoms with E-state index in [1.807, 2.05) is 0 Å². The van der Waals surface area contributed by atoms with Gasteiger partial charge in [0.1, 0.15) is 5.82 Å². The first-order chi connectivity index (χ1) is 10.1. The molecule has 1 aliphatic rings. The van der Waals surface area contributed by atoms with Crippen LogP contribution in [0.2, 0.25) is 0 Å². The fourth-order valence-electron chi connectivity index (χ4n) is 2.80. The van der Waals surface area contributed by atoms with Gasteiger partial charge in [-0.3, -0.25) is 4.79 Å². The number of aliphatic hydroxyl groups is 1. The van der Waals surface area contributed by atoms with Crippen LogP contribution in [0.15, 0.2) is 12.1 Å². The van der Waals surface area contributed by atoms with Crippen LogP contribution in [0.4, 0.5) is 5.82 Å². The van der Waals surface area contributed by atoms with E-state index in [4.69, 9.17) is 0 Å². The topological polar surface area (TPSA) is 78.4 Å². The molecule has 1 aromatic heterocycles. The monoisotopic (exact) mass is 292 g/mol. The van der Waals surface area contributed by atoms with Gasteiger partial charge in [-0.2, -0.15) is 0 Å². The highest BCUT2D eigenvalue weighted by atomic mass is 16.3. The van der Waals surface area contributed by atoms with Crippen LogP contribution in [0.3, 0.4) is 0 Å². The number of nitrogens with one attached hydrogen (secondary N) is 1. The van der Waals surface area contributed by atoms with Crippen molar-refractivity contribution in [1.29, 1.82) is 0 Å². The van der Waals surface area contributed by atoms with E-state index in [-0.39, 0.29) is 12.5 Å². The van der Waals surface area contributed by atoms with Crippen LogP contribution in [0.25, 0.3) is 0 Å². The van der Waals surface area contributed by atoms with Gasteiger partial charge in [-0.05, 0) is 36.8 Å². The Morgan fingerprint density at radius 1 is 1.29 bits per heavy atom. The molecule has 1 aliphatic carbocycles. The lowest BCUT2D eigenvalue weighted by Gasteiger charge is -2.30. The first-order valence-electron chi connectivity index (χ1n) is 7.52. The van der Waals surface area contributed by atoms with Crippen molar-refractivity contribution in [2.45, 2.75) is 25.7 Å². The van der Waals surface area contributed by atoms with E-state index in [0.717, 1.165) is 19.4 Å². The van der Waals surface area contributed by atoms with E-state index in [0.29, 0.717) is 23.3 Å². The quantitative estimate of drug-likeness (QED) is 0.857. The van der Waals surface area contributed by atoms with Gasteiger partial charge in [0, 0.05) is 27.2 Å². The lowest BCUT2D eigenvalue weighted by Crippen LogP contribution is -2.29. The molecule has 0 aliphatic heterocycles. The third kappa shape index (κ3) is 4.14. The molecule has 116 valence electrons. The Morgan fingerprint density at radius 3 is 2.57 bits per heavy atom. The zero-order chi connectivity index (χ0) is 15.2. The number of nitrogens with zero attached hydrogens (tertiary/aromatic N) is 3. The van der Waals surface area contributed by atoms with Gasteiger partial charge in [-0.25, -0.2) is 0 Å². The highest BCUT2D eigenvalue weighted by Gasteiger charge is 2.24. The summed E-state index contributed by atoms with van der Waals surface area (Å²) < 4.78 is 0. The maximum absolute atomic E-state index is 11.7. The van der Waals surface area contributed by atoms with E-state index in [1.165, 1.54) is 17.7 Å². The molecule has 1 fully saturated rings. The van der Waals surface area contributed by atoms with Crippen LogP contribution in [-0.4, -0.2) is 53.4 Å². The molecule has 2 atom stereocenters. The first kappa shape index (κ1) is 15.7. The Labute approximate surface area is 125 Å². The van der Waals surface area contributed by atoms with Gasteiger partial charge in [-0.15, -0.1) is 10.2 Å². The van der Waals surface area contributed by atoms with Crippen LogP contribution in [0, 0.1) is 11.8 Å². The highest BCUT2D eigenvalue weighted by Crippen LogP contribution is 2.29. The number of carbonyl (C=O) groups is 1. The molecule has 2 N–H and O–H groups in total. The summed E-state index contributed by atoms with van der Waals surface area (Å²) in [5, 5.41) is 20.7. The standard InChI is InChI=1S/C15H24N4O2/c1-19(2)15(21)13-7-8-14(18-17-13)16-9-11-5-3-4-6-12(11)10-20/h7-8,11-12,20H,3-6,9-10H2,1-2H3,(H,16,18). The zero-order valence-corrected chi connectivity index (χ0v) is 12.7. The fraction of sp³-hybridized carbons (Fsp3) is 0.667. The van der Waals surface area contributed by atoms with Crippen molar-refractivity contribution >= 4 is 11.7 Å². The second kappa shape index (κ2) is 7.36. The molecule has 0 saturated heterocycles. The Bertz CT molecular complexity index is 461. The Kier molecular flexibility index (Phi) is 5.50. The predicted molar refractivity (Wildman–Crippen MR) is 81.1 cm³/mol. The number of anilines is 1. The van der Waals surface area contributed by atoms with Gasteiger partial charge in [-0.1, -0.05) is 12.8 Å². The molecule has 1 heterocycles. The number of hydrogen-bond donors (Lipinski definition) is 2. The van der Waals surface area contributed by atoms with E-state index in [2.05, 4.69) is 15.5 Å².